The number of amides is 1. The molecule has 0 fully saturated rings. The molecule has 0 aromatic rings. The van der Waals surface area contributed by atoms with E-state index in [4.69, 9.17) is 9.05 Å². The lowest BCUT2D eigenvalue weighted by atomic mass is 10.1. The molecule has 8 nitrogen and oxygen atoms in total. The van der Waals surface area contributed by atoms with Crippen LogP contribution in [0.1, 0.15) is 149 Å². The van der Waals surface area contributed by atoms with Crippen molar-refractivity contribution in [1.29, 1.82) is 0 Å². The molecule has 45 heavy (non-hydrogen) atoms. The fourth-order valence-corrected chi connectivity index (χ4v) is 5.65. The Labute approximate surface area is 277 Å². The fraction of sp³-hybridized carbons (Fsp3) is 0.861. The molecule has 0 aliphatic heterocycles. The number of phosphoric ester groups is 1. The molecule has 3 atom stereocenters. The van der Waals surface area contributed by atoms with Gasteiger partial charge in [0.15, 0.2) is 0 Å². The highest BCUT2D eigenvalue weighted by molar-refractivity contribution is 7.47. The largest absolute Gasteiger partial charge is 0.472 e. The second-order valence-corrected chi connectivity index (χ2v) is 15.0. The van der Waals surface area contributed by atoms with Crippen LogP contribution >= 0.6 is 7.82 Å². The standard InChI is InChI=1S/C36H71N2O6P/c1-6-8-10-12-14-16-18-19-20-22-24-26-28-30-36(40)37-34(33-44-45(41,42)43-32-31-38(3,4)5)35(39)29-27-25-23-21-17-15-13-11-9-7-2/h19-20,27,29,34-35,39H,6-18,21-26,28,30-33H2,1-5H3,(H-,37,40,41,42)/p+1/b20-19-,29-27+. The topological polar surface area (TPSA) is 105 Å². The van der Waals surface area contributed by atoms with Crippen molar-refractivity contribution in [3.05, 3.63) is 24.3 Å². The lowest BCUT2D eigenvalue weighted by Crippen LogP contribution is -2.45. The van der Waals surface area contributed by atoms with Crippen molar-refractivity contribution in [3.63, 3.8) is 0 Å². The summed E-state index contributed by atoms with van der Waals surface area (Å²) in [6.45, 7) is 4.74. The molecule has 0 aliphatic carbocycles. The van der Waals surface area contributed by atoms with Crippen molar-refractivity contribution in [2.24, 2.45) is 0 Å². The highest BCUT2D eigenvalue weighted by atomic mass is 31.2. The minimum absolute atomic E-state index is 0.0591. The summed E-state index contributed by atoms with van der Waals surface area (Å²) in [6.07, 6.45) is 31.0. The van der Waals surface area contributed by atoms with E-state index in [9.17, 15) is 19.4 Å². The number of rotatable bonds is 32. The quantitative estimate of drug-likeness (QED) is 0.0288. The molecule has 0 heterocycles. The molecule has 0 radical (unpaired) electrons. The summed E-state index contributed by atoms with van der Waals surface area (Å²) in [5.74, 6) is -0.198. The van der Waals surface area contributed by atoms with Gasteiger partial charge in [-0.1, -0.05) is 122 Å². The van der Waals surface area contributed by atoms with E-state index in [0.29, 0.717) is 17.4 Å². The molecule has 3 unspecified atom stereocenters. The van der Waals surface area contributed by atoms with E-state index in [1.165, 1.54) is 77.0 Å². The average molecular weight is 660 g/mol. The number of aliphatic hydroxyl groups is 1. The molecular formula is C36H72N2O6P+. The summed E-state index contributed by atoms with van der Waals surface area (Å²) in [5.41, 5.74) is 0. The zero-order valence-electron chi connectivity index (χ0n) is 29.9. The predicted octanol–water partition coefficient (Wildman–Crippen LogP) is 9.02. The molecule has 0 spiro atoms. The van der Waals surface area contributed by atoms with Gasteiger partial charge in [-0.05, 0) is 44.9 Å². The third kappa shape index (κ3) is 31.4. The fourth-order valence-electron chi connectivity index (χ4n) is 4.91. The monoisotopic (exact) mass is 660 g/mol. The van der Waals surface area contributed by atoms with Gasteiger partial charge in [0.05, 0.1) is 39.9 Å². The van der Waals surface area contributed by atoms with Crippen LogP contribution in [0.5, 0.6) is 0 Å². The molecule has 0 aliphatic rings. The van der Waals surface area contributed by atoms with Crippen molar-refractivity contribution in [3.8, 4) is 0 Å². The van der Waals surface area contributed by atoms with Crippen LogP contribution in [0.4, 0.5) is 0 Å². The number of allylic oxidation sites excluding steroid dienone is 3. The third-order valence-corrected chi connectivity index (χ3v) is 8.90. The molecule has 1 amide bonds. The van der Waals surface area contributed by atoms with E-state index >= 15 is 0 Å². The number of nitrogens with one attached hydrogen (secondary N) is 1. The van der Waals surface area contributed by atoms with Crippen LogP contribution in [-0.4, -0.2) is 73.4 Å². The Balaban J connectivity index is 4.59. The van der Waals surface area contributed by atoms with E-state index in [1.807, 2.05) is 27.2 Å². The van der Waals surface area contributed by atoms with E-state index in [2.05, 4.69) is 31.3 Å². The third-order valence-electron chi connectivity index (χ3n) is 7.92. The number of nitrogens with zero attached hydrogens (tertiary/aromatic N) is 1. The second kappa shape index (κ2) is 29.1. The maximum atomic E-state index is 12.7. The molecule has 0 saturated carbocycles. The summed E-state index contributed by atoms with van der Waals surface area (Å²) in [6, 6.07) is -0.848. The Bertz CT molecular complexity index is 799. The van der Waals surface area contributed by atoms with Crippen molar-refractivity contribution in [2.75, 3.05) is 40.9 Å². The molecule has 9 heteroatoms. The lowest BCUT2D eigenvalue weighted by Gasteiger charge is -2.25. The van der Waals surface area contributed by atoms with Crippen LogP contribution in [0.3, 0.4) is 0 Å². The Hall–Kier alpha value is -1.02. The number of likely N-dealkylation sites (N-methyl/N-ethyl adjacent to an activating group) is 1. The van der Waals surface area contributed by atoms with Crippen molar-refractivity contribution in [1.82, 2.24) is 5.32 Å². The van der Waals surface area contributed by atoms with Gasteiger partial charge in [0, 0.05) is 6.42 Å². The predicted molar refractivity (Wildman–Crippen MR) is 189 cm³/mol. The number of carbonyl (C=O) groups excluding carboxylic acids is 1. The van der Waals surface area contributed by atoms with Gasteiger partial charge in [0.2, 0.25) is 5.91 Å². The maximum Gasteiger partial charge on any atom is 0.472 e. The maximum absolute atomic E-state index is 12.7. The highest BCUT2D eigenvalue weighted by Crippen LogP contribution is 2.43. The minimum atomic E-state index is -4.32. The van der Waals surface area contributed by atoms with Crippen LogP contribution in [0.25, 0.3) is 0 Å². The lowest BCUT2D eigenvalue weighted by molar-refractivity contribution is -0.870. The average Bonchev–Trinajstić information content (AvgIpc) is 2.97. The number of carbonyl (C=O) groups is 1. The van der Waals surface area contributed by atoms with E-state index in [1.54, 1.807) is 6.08 Å². The number of unbranched alkanes of at least 4 members (excludes halogenated alkanes) is 17. The van der Waals surface area contributed by atoms with Crippen molar-refractivity contribution in [2.45, 2.75) is 161 Å². The summed E-state index contributed by atoms with van der Waals surface area (Å²) >= 11 is 0. The zero-order valence-corrected chi connectivity index (χ0v) is 30.8. The first-order chi connectivity index (χ1) is 21.5. The van der Waals surface area contributed by atoms with Gasteiger partial charge in [-0.3, -0.25) is 13.8 Å². The van der Waals surface area contributed by atoms with E-state index in [0.717, 1.165) is 51.4 Å². The molecule has 0 aromatic heterocycles. The smallest absolute Gasteiger partial charge is 0.387 e. The van der Waals surface area contributed by atoms with E-state index < -0.39 is 20.0 Å². The van der Waals surface area contributed by atoms with Crippen LogP contribution < -0.4 is 5.32 Å². The van der Waals surface area contributed by atoms with Gasteiger partial charge in [-0.25, -0.2) is 4.57 Å². The molecule has 0 aromatic carbocycles. The first-order valence-corrected chi connectivity index (χ1v) is 19.7. The number of phosphoric acid groups is 1. The molecule has 0 saturated heterocycles. The summed E-state index contributed by atoms with van der Waals surface area (Å²) in [7, 11) is 1.56. The number of hydrogen-bond donors (Lipinski definition) is 3. The Morgan fingerprint density at radius 2 is 1.20 bits per heavy atom. The Morgan fingerprint density at radius 3 is 1.71 bits per heavy atom. The zero-order chi connectivity index (χ0) is 33.7. The minimum Gasteiger partial charge on any atom is -0.387 e. The SMILES string of the molecule is CCCCCCCC/C=C\CCCCCC(=O)NC(COP(=O)(O)OCC[N+](C)(C)C)C(O)/C=C/CCCCCCCCCC. The Morgan fingerprint density at radius 1 is 0.733 bits per heavy atom. The van der Waals surface area contributed by atoms with Gasteiger partial charge in [0.1, 0.15) is 13.2 Å². The summed E-state index contributed by atoms with van der Waals surface area (Å²) in [5, 5.41) is 13.7. The highest BCUT2D eigenvalue weighted by Gasteiger charge is 2.27. The normalized spacial score (nSPS) is 15.1. The molecule has 0 rings (SSSR count). The van der Waals surface area contributed by atoms with Gasteiger partial charge < -0.3 is 19.8 Å². The van der Waals surface area contributed by atoms with E-state index in [-0.39, 0.29) is 19.1 Å². The van der Waals surface area contributed by atoms with Gasteiger partial charge in [-0.15, -0.1) is 0 Å². The summed E-state index contributed by atoms with van der Waals surface area (Å²) in [4.78, 5) is 22.9. The Kier molecular flexibility index (Phi) is 28.5. The van der Waals surface area contributed by atoms with Crippen molar-refractivity contribution >= 4 is 13.7 Å². The number of aliphatic hydroxyl groups excluding tert-OH is 1. The van der Waals surface area contributed by atoms with Gasteiger partial charge >= 0.3 is 7.82 Å². The van der Waals surface area contributed by atoms with Gasteiger partial charge in [0.25, 0.3) is 0 Å². The second-order valence-electron chi connectivity index (χ2n) is 13.6. The first-order valence-electron chi connectivity index (χ1n) is 18.2. The molecule has 266 valence electrons. The van der Waals surface area contributed by atoms with Crippen LogP contribution in [0.2, 0.25) is 0 Å². The first kappa shape index (κ1) is 44.0. The van der Waals surface area contributed by atoms with Crippen LogP contribution in [-0.2, 0) is 18.4 Å². The molecule has 0 bridgehead atoms. The van der Waals surface area contributed by atoms with Crippen LogP contribution in [0, 0.1) is 0 Å². The van der Waals surface area contributed by atoms with Crippen molar-refractivity contribution < 1.29 is 32.9 Å². The van der Waals surface area contributed by atoms with Crippen LogP contribution in [0.15, 0.2) is 24.3 Å². The summed E-state index contributed by atoms with van der Waals surface area (Å²) < 4.78 is 23.4. The number of hydrogen-bond acceptors (Lipinski definition) is 5. The molecule has 3 N–H and O–H groups in total. The number of quaternary nitrogens is 1. The van der Waals surface area contributed by atoms with Gasteiger partial charge in [-0.2, -0.15) is 0 Å². The molecular weight excluding hydrogens is 587 g/mol.